The highest BCUT2D eigenvalue weighted by molar-refractivity contribution is 5.78. The minimum atomic E-state index is -0.131. The van der Waals surface area contributed by atoms with Crippen LogP contribution in [0.15, 0.2) is 91.0 Å². The second-order valence-corrected chi connectivity index (χ2v) is 8.06. The van der Waals surface area contributed by atoms with Gasteiger partial charge in [-0.15, -0.1) is 0 Å². The lowest BCUT2D eigenvalue weighted by atomic mass is 10.0. The van der Waals surface area contributed by atoms with Crippen molar-refractivity contribution >= 4 is 5.91 Å². The van der Waals surface area contributed by atoms with E-state index in [1.54, 1.807) is 0 Å². The van der Waals surface area contributed by atoms with Crippen LogP contribution in [0.4, 0.5) is 0 Å². The predicted octanol–water partition coefficient (Wildman–Crippen LogP) is 4.84. The zero-order valence-corrected chi connectivity index (χ0v) is 17.7. The maximum absolute atomic E-state index is 12.7. The zero-order chi connectivity index (χ0) is 21.3. The van der Waals surface area contributed by atoms with Crippen LogP contribution in [0, 0.1) is 5.92 Å². The van der Waals surface area contributed by atoms with Gasteiger partial charge >= 0.3 is 0 Å². The summed E-state index contributed by atoms with van der Waals surface area (Å²) in [6, 6.07) is 30.4. The number of rotatable bonds is 10. The van der Waals surface area contributed by atoms with Crippen LogP contribution in [0.5, 0.6) is 0 Å². The summed E-state index contributed by atoms with van der Waals surface area (Å²) in [5.74, 6) is 0.306. The monoisotopic (exact) mass is 415 g/mol. The maximum atomic E-state index is 12.7. The van der Waals surface area contributed by atoms with Gasteiger partial charge < -0.3 is 14.4 Å². The number of carbonyl (C=O) groups is 1. The molecule has 0 unspecified atom stereocenters. The van der Waals surface area contributed by atoms with Crippen LogP contribution in [-0.4, -0.2) is 30.1 Å². The molecule has 1 saturated heterocycles. The van der Waals surface area contributed by atoms with Gasteiger partial charge in [0.2, 0.25) is 5.91 Å². The van der Waals surface area contributed by atoms with Crippen LogP contribution in [0.25, 0.3) is 0 Å². The molecule has 0 N–H and O–H groups in total. The van der Waals surface area contributed by atoms with E-state index in [2.05, 4.69) is 36.4 Å². The van der Waals surface area contributed by atoms with E-state index in [0.717, 1.165) is 16.7 Å². The molecule has 3 aromatic rings. The van der Waals surface area contributed by atoms with Crippen LogP contribution in [0.3, 0.4) is 0 Å². The van der Waals surface area contributed by atoms with Gasteiger partial charge in [-0.3, -0.25) is 4.79 Å². The van der Waals surface area contributed by atoms with E-state index in [9.17, 15) is 4.79 Å². The second-order valence-electron chi connectivity index (χ2n) is 8.06. The lowest BCUT2D eigenvalue weighted by Gasteiger charge is -2.24. The number of hydrogen-bond acceptors (Lipinski definition) is 3. The number of nitrogens with zero attached hydrogens (tertiary/aromatic N) is 1. The number of hydrogen-bond donors (Lipinski definition) is 0. The van der Waals surface area contributed by atoms with Crippen molar-refractivity contribution in [1.82, 2.24) is 4.90 Å². The molecule has 1 fully saturated rings. The Morgan fingerprint density at radius 3 is 1.94 bits per heavy atom. The molecular weight excluding hydrogens is 386 g/mol. The Bertz CT molecular complexity index is 930. The smallest absolute Gasteiger partial charge is 0.223 e. The molecule has 0 aromatic heterocycles. The Balaban J connectivity index is 1.38. The molecule has 1 heterocycles. The fraction of sp³-hybridized carbons (Fsp3) is 0.296. The van der Waals surface area contributed by atoms with Crippen LogP contribution < -0.4 is 0 Å². The lowest BCUT2D eigenvalue weighted by Crippen LogP contribution is -2.32. The van der Waals surface area contributed by atoms with Crippen molar-refractivity contribution in [3.05, 3.63) is 108 Å². The fourth-order valence-electron chi connectivity index (χ4n) is 3.97. The van der Waals surface area contributed by atoms with E-state index in [1.807, 2.05) is 59.5 Å². The third-order valence-corrected chi connectivity index (χ3v) is 5.69. The number of likely N-dealkylation sites (tertiary alicyclic amines) is 1. The topological polar surface area (TPSA) is 38.8 Å². The average Bonchev–Trinajstić information content (AvgIpc) is 3.18. The second kappa shape index (κ2) is 10.9. The first-order valence-corrected chi connectivity index (χ1v) is 10.9. The Kier molecular flexibility index (Phi) is 7.48. The molecule has 2 atom stereocenters. The van der Waals surface area contributed by atoms with Gasteiger partial charge in [-0.2, -0.15) is 0 Å². The Labute approximate surface area is 184 Å². The van der Waals surface area contributed by atoms with E-state index in [1.165, 1.54) is 0 Å². The highest BCUT2D eigenvalue weighted by Gasteiger charge is 2.35. The molecule has 4 rings (SSSR count). The molecule has 31 heavy (non-hydrogen) atoms. The molecule has 3 aromatic carbocycles. The van der Waals surface area contributed by atoms with Crippen LogP contribution >= 0.6 is 0 Å². The van der Waals surface area contributed by atoms with E-state index in [0.29, 0.717) is 39.3 Å². The van der Waals surface area contributed by atoms with E-state index in [-0.39, 0.29) is 17.9 Å². The van der Waals surface area contributed by atoms with Crippen molar-refractivity contribution < 1.29 is 14.3 Å². The van der Waals surface area contributed by atoms with Gasteiger partial charge in [0.15, 0.2) is 0 Å². The first-order chi connectivity index (χ1) is 15.3. The van der Waals surface area contributed by atoms with Crippen molar-refractivity contribution in [2.24, 2.45) is 5.92 Å². The maximum Gasteiger partial charge on any atom is 0.223 e. The number of ether oxygens (including phenoxy) is 2. The molecule has 0 radical (unpaired) electrons. The molecular formula is C27H29NO3. The lowest BCUT2D eigenvalue weighted by molar-refractivity contribution is -0.128. The van der Waals surface area contributed by atoms with Crippen molar-refractivity contribution in [2.45, 2.75) is 32.3 Å². The van der Waals surface area contributed by atoms with Gasteiger partial charge in [0, 0.05) is 25.4 Å². The normalized spacial score (nSPS) is 17.1. The van der Waals surface area contributed by atoms with Crippen molar-refractivity contribution in [3.63, 3.8) is 0 Å². The van der Waals surface area contributed by atoms with Crippen molar-refractivity contribution in [2.75, 3.05) is 13.2 Å². The fourth-order valence-corrected chi connectivity index (χ4v) is 3.97. The quantitative estimate of drug-likeness (QED) is 0.476. The summed E-state index contributed by atoms with van der Waals surface area (Å²) in [7, 11) is 0. The molecule has 1 aliphatic rings. The van der Waals surface area contributed by atoms with Crippen LogP contribution in [0.2, 0.25) is 0 Å². The Hall–Kier alpha value is -2.95. The SMILES string of the molecule is O=C1C[C@@H]([C@@H](COCc2ccccc2)OCc2ccccc2)CN1Cc1ccccc1. The minimum Gasteiger partial charge on any atom is -0.374 e. The molecule has 1 aliphatic heterocycles. The predicted molar refractivity (Wildman–Crippen MR) is 121 cm³/mol. The third-order valence-electron chi connectivity index (χ3n) is 5.69. The molecule has 4 nitrogen and oxygen atoms in total. The summed E-state index contributed by atoms with van der Waals surface area (Å²) in [5, 5.41) is 0. The van der Waals surface area contributed by atoms with Gasteiger partial charge in [-0.1, -0.05) is 91.0 Å². The van der Waals surface area contributed by atoms with Crippen LogP contribution in [-0.2, 0) is 34.0 Å². The van der Waals surface area contributed by atoms with E-state index < -0.39 is 0 Å². The van der Waals surface area contributed by atoms with Gasteiger partial charge in [0.1, 0.15) is 0 Å². The van der Waals surface area contributed by atoms with Crippen molar-refractivity contribution in [3.8, 4) is 0 Å². The molecule has 160 valence electrons. The van der Waals surface area contributed by atoms with Gasteiger partial charge in [0.25, 0.3) is 0 Å². The average molecular weight is 416 g/mol. The molecule has 0 bridgehead atoms. The van der Waals surface area contributed by atoms with Gasteiger partial charge in [0.05, 0.1) is 25.9 Å². The highest BCUT2D eigenvalue weighted by Crippen LogP contribution is 2.26. The first-order valence-electron chi connectivity index (χ1n) is 10.9. The zero-order valence-electron chi connectivity index (χ0n) is 17.7. The Morgan fingerprint density at radius 1 is 0.774 bits per heavy atom. The molecule has 0 saturated carbocycles. The summed E-state index contributed by atoms with van der Waals surface area (Å²) in [5.41, 5.74) is 3.41. The molecule has 1 amide bonds. The standard InChI is InChI=1S/C27H29NO3/c29-27-16-25(18-28(27)17-22-10-4-1-5-11-22)26(31-20-24-14-8-3-9-15-24)21-30-19-23-12-6-2-7-13-23/h1-15,25-26H,16-21H2/t25-,26-/m1/s1. The summed E-state index contributed by atoms with van der Waals surface area (Å²) in [6.07, 6.45) is 0.370. The number of carbonyl (C=O) groups excluding carboxylic acids is 1. The Morgan fingerprint density at radius 2 is 1.32 bits per heavy atom. The highest BCUT2D eigenvalue weighted by atomic mass is 16.5. The minimum absolute atomic E-state index is 0.121. The third kappa shape index (κ3) is 6.27. The van der Waals surface area contributed by atoms with Gasteiger partial charge in [-0.25, -0.2) is 0 Å². The summed E-state index contributed by atoms with van der Waals surface area (Å²) in [6.45, 7) is 2.87. The largest absolute Gasteiger partial charge is 0.374 e. The summed E-state index contributed by atoms with van der Waals surface area (Å²) in [4.78, 5) is 14.6. The first kappa shape index (κ1) is 21.3. The van der Waals surface area contributed by atoms with E-state index >= 15 is 0 Å². The van der Waals surface area contributed by atoms with E-state index in [4.69, 9.17) is 9.47 Å². The molecule has 4 heteroatoms. The number of amides is 1. The van der Waals surface area contributed by atoms with Gasteiger partial charge in [-0.05, 0) is 16.7 Å². The van der Waals surface area contributed by atoms with Crippen LogP contribution in [0.1, 0.15) is 23.1 Å². The number of benzene rings is 3. The van der Waals surface area contributed by atoms with Crippen molar-refractivity contribution in [1.29, 1.82) is 0 Å². The molecule has 0 aliphatic carbocycles. The molecule has 0 spiro atoms. The summed E-state index contributed by atoms with van der Waals surface area (Å²) >= 11 is 0. The summed E-state index contributed by atoms with van der Waals surface area (Å²) < 4.78 is 12.3.